The Balaban J connectivity index is 1.74. The van der Waals surface area contributed by atoms with E-state index in [9.17, 15) is 0 Å². The van der Waals surface area contributed by atoms with Crippen LogP contribution in [0.25, 0.3) is 11.0 Å². The topological polar surface area (TPSA) is 55.9 Å². The van der Waals surface area contributed by atoms with E-state index in [0.717, 1.165) is 24.3 Å². The molecule has 1 aliphatic rings. The van der Waals surface area contributed by atoms with Gasteiger partial charge in [0, 0.05) is 25.7 Å². The summed E-state index contributed by atoms with van der Waals surface area (Å²) in [6.45, 7) is 2.92. The van der Waals surface area contributed by atoms with Crippen LogP contribution in [0.15, 0.2) is 18.2 Å². The molecule has 3 N–H and O–H groups in total. The second-order valence-electron chi connectivity index (χ2n) is 5.62. The fourth-order valence-corrected chi connectivity index (χ4v) is 2.97. The van der Waals surface area contributed by atoms with Gasteiger partial charge in [-0.15, -0.1) is 0 Å². The van der Waals surface area contributed by atoms with Crippen molar-refractivity contribution in [2.75, 3.05) is 0 Å². The van der Waals surface area contributed by atoms with Gasteiger partial charge in [-0.2, -0.15) is 0 Å². The van der Waals surface area contributed by atoms with E-state index >= 15 is 0 Å². The number of nitrogens with two attached hydrogens (primary N) is 1. The lowest BCUT2D eigenvalue weighted by Gasteiger charge is -2.17. The van der Waals surface area contributed by atoms with Crippen LogP contribution in [0.5, 0.6) is 0 Å². The Morgan fingerprint density at radius 3 is 3.00 bits per heavy atom. The molecule has 0 radical (unpaired) electrons. The number of fused-ring (bicyclic) bond motifs is 1. The number of nitrogens with zero attached hydrogens (tertiary/aromatic N) is 2. The molecule has 1 saturated carbocycles. The minimum Gasteiger partial charge on any atom is -0.331 e. The minimum atomic E-state index is 0.320. The Bertz CT molecular complexity index is 587. The Kier molecular flexibility index (Phi) is 3.29. The highest BCUT2D eigenvalue weighted by molar-refractivity contribution is 5.76. The summed E-state index contributed by atoms with van der Waals surface area (Å²) < 4.78 is 2.12. The zero-order valence-corrected chi connectivity index (χ0v) is 11.7. The summed E-state index contributed by atoms with van der Waals surface area (Å²) in [7, 11) is 2.06. The maximum atomic E-state index is 6.08. The number of imidazole rings is 1. The Labute approximate surface area is 114 Å². The monoisotopic (exact) mass is 258 g/mol. The lowest BCUT2D eigenvalue weighted by Crippen LogP contribution is -2.40. The van der Waals surface area contributed by atoms with Crippen LogP contribution in [0.2, 0.25) is 0 Å². The number of rotatable bonds is 3. The molecule has 0 aliphatic heterocycles. The van der Waals surface area contributed by atoms with E-state index in [-0.39, 0.29) is 0 Å². The molecule has 19 heavy (non-hydrogen) atoms. The molecule has 1 aromatic heterocycles. The minimum absolute atomic E-state index is 0.320. The van der Waals surface area contributed by atoms with Gasteiger partial charge in [0.05, 0.1) is 11.0 Å². The molecule has 4 nitrogen and oxygen atoms in total. The van der Waals surface area contributed by atoms with E-state index < -0.39 is 0 Å². The quantitative estimate of drug-likeness (QED) is 0.883. The molecule has 4 heteroatoms. The van der Waals surface area contributed by atoms with Gasteiger partial charge in [-0.3, -0.25) is 0 Å². The highest BCUT2D eigenvalue weighted by atomic mass is 15.0. The number of hydrogen-bond acceptors (Lipinski definition) is 3. The molecule has 2 unspecified atom stereocenters. The number of benzene rings is 1. The average Bonchev–Trinajstić information content (AvgIpc) is 2.92. The second kappa shape index (κ2) is 4.94. The van der Waals surface area contributed by atoms with Crippen molar-refractivity contribution in [1.82, 2.24) is 14.9 Å². The third-order valence-electron chi connectivity index (χ3n) is 4.31. The summed E-state index contributed by atoms with van der Waals surface area (Å²) in [5.74, 6) is 1.05. The SMILES string of the molecule is Cc1nc2cc(CNC3CCCC3N)ccc2n1C. The summed E-state index contributed by atoms with van der Waals surface area (Å²) in [4.78, 5) is 4.58. The third-order valence-corrected chi connectivity index (χ3v) is 4.31. The van der Waals surface area contributed by atoms with Gasteiger partial charge in [-0.05, 0) is 37.5 Å². The van der Waals surface area contributed by atoms with Gasteiger partial charge in [0.1, 0.15) is 5.82 Å². The van der Waals surface area contributed by atoms with Crippen molar-refractivity contribution >= 4 is 11.0 Å². The molecule has 1 fully saturated rings. The van der Waals surface area contributed by atoms with Crippen LogP contribution in [0.4, 0.5) is 0 Å². The molecule has 1 aliphatic carbocycles. The zero-order valence-electron chi connectivity index (χ0n) is 11.7. The summed E-state index contributed by atoms with van der Waals surface area (Å²) in [5, 5.41) is 3.57. The summed E-state index contributed by atoms with van der Waals surface area (Å²) in [6, 6.07) is 7.30. The van der Waals surface area contributed by atoms with E-state index in [1.54, 1.807) is 0 Å². The maximum Gasteiger partial charge on any atom is 0.106 e. The second-order valence-corrected chi connectivity index (χ2v) is 5.62. The average molecular weight is 258 g/mol. The third kappa shape index (κ3) is 2.38. The molecule has 1 aromatic carbocycles. The first-order valence-corrected chi connectivity index (χ1v) is 7.06. The summed E-state index contributed by atoms with van der Waals surface area (Å²) in [5.41, 5.74) is 9.63. The van der Waals surface area contributed by atoms with Crippen molar-refractivity contribution < 1.29 is 0 Å². The lowest BCUT2D eigenvalue weighted by molar-refractivity contribution is 0.475. The number of nitrogens with one attached hydrogen (secondary N) is 1. The molecular formula is C15H22N4. The van der Waals surface area contributed by atoms with Crippen molar-refractivity contribution in [2.45, 2.75) is 44.8 Å². The Morgan fingerprint density at radius 1 is 1.42 bits per heavy atom. The van der Waals surface area contributed by atoms with Crippen LogP contribution in [0.1, 0.15) is 30.7 Å². The number of aromatic nitrogens is 2. The van der Waals surface area contributed by atoms with Crippen molar-refractivity contribution in [3.05, 3.63) is 29.6 Å². The van der Waals surface area contributed by atoms with E-state index in [4.69, 9.17) is 5.73 Å². The molecule has 1 heterocycles. The Morgan fingerprint density at radius 2 is 2.26 bits per heavy atom. The van der Waals surface area contributed by atoms with Gasteiger partial charge in [-0.25, -0.2) is 4.98 Å². The van der Waals surface area contributed by atoms with Gasteiger partial charge in [-0.1, -0.05) is 12.5 Å². The molecule has 0 bridgehead atoms. The van der Waals surface area contributed by atoms with E-state index in [1.807, 2.05) is 6.92 Å². The predicted octanol–water partition coefficient (Wildman–Crippen LogP) is 1.85. The molecule has 0 spiro atoms. The number of aryl methyl sites for hydroxylation is 2. The largest absolute Gasteiger partial charge is 0.331 e. The van der Waals surface area contributed by atoms with Crippen LogP contribution in [-0.4, -0.2) is 21.6 Å². The molecule has 2 aromatic rings. The van der Waals surface area contributed by atoms with Crippen LogP contribution in [-0.2, 0) is 13.6 Å². The van der Waals surface area contributed by atoms with Crippen LogP contribution in [0.3, 0.4) is 0 Å². The van der Waals surface area contributed by atoms with E-state index in [1.165, 1.54) is 23.9 Å². The summed E-state index contributed by atoms with van der Waals surface area (Å²) in [6.07, 6.45) is 3.60. The van der Waals surface area contributed by atoms with Crippen molar-refractivity contribution in [3.63, 3.8) is 0 Å². The fourth-order valence-electron chi connectivity index (χ4n) is 2.97. The fraction of sp³-hybridized carbons (Fsp3) is 0.533. The number of hydrogen-bond donors (Lipinski definition) is 2. The molecule has 0 saturated heterocycles. The van der Waals surface area contributed by atoms with Crippen LogP contribution >= 0.6 is 0 Å². The first kappa shape index (κ1) is 12.6. The lowest BCUT2D eigenvalue weighted by atomic mass is 10.1. The standard InChI is InChI=1S/C15H22N4/c1-10-18-14-8-11(6-7-15(14)19(10)2)9-17-13-5-3-4-12(13)16/h6-8,12-13,17H,3-5,9,16H2,1-2H3. The van der Waals surface area contributed by atoms with E-state index in [0.29, 0.717) is 12.1 Å². The highest BCUT2D eigenvalue weighted by Crippen LogP contribution is 2.19. The maximum absolute atomic E-state index is 6.08. The van der Waals surface area contributed by atoms with Gasteiger partial charge < -0.3 is 15.6 Å². The Hall–Kier alpha value is -1.39. The first-order valence-electron chi connectivity index (χ1n) is 7.06. The van der Waals surface area contributed by atoms with Gasteiger partial charge in [0.2, 0.25) is 0 Å². The van der Waals surface area contributed by atoms with Crippen molar-refractivity contribution in [2.24, 2.45) is 12.8 Å². The molecular weight excluding hydrogens is 236 g/mol. The van der Waals surface area contributed by atoms with Gasteiger partial charge in [0.25, 0.3) is 0 Å². The molecule has 2 atom stereocenters. The molecule has 3 rings (SSSR count). The molecule has 0 amide bonds. The van der Waals surface area contributed by atoms with Crippen molar-refractivity contribution in [1.29, 1.82) is 0 Å². The summed E-state index contributed by atoms with van der Waals surface area (Å²) >= 11 is 0. The predicted molar refractivity (Wildman–Crippen MR) is 77.9 cm³/mol. The van der Waals surface area contributed by atoms with Crippen molar-refractivity contribution in [3.8, 4) is 0 Å². The zero-order chi connectivity index (χ0) is 13.4. The normalized spacial score (nSPS) is 23.3. The highest BCUT2D eigenvalue weighted by Gasteiger charge is 2.22. The smallest absolute Gasteiger partial charge is 0.106 e. The first-order chi connectivity index (χ1) is 9.15. The van der Waals surface area contributed by atoms with Crippen LogP contribution < -0.4 is 11.1 Å². The van der Waals surface area contributed by atoms with Gasteiger partial charge in [0.15, 0.2) is 0 Å². The van der Waals surface area contributed by atoms with Gasteiger partial charge >= 0.3 is 0 Å². The molecule has 102 valence electrons. The van der Waals surface area contributed by atoms with E-state index in [2.05, 4.69) is 40.1 Å². The van der Waals surface area contributed by atoms with Crippen LogP contribution in [0, 0.1) is 6.92 Å².